The first-order valence-corrected chi connectivity index (χ1v) is 8.81. The number of methoxy groups -OCH3 is 1. The first kappa shape index (κ1) is 17.8. The van der Waals surface area contributed by atoms with E-state index in [0.29, 0.717) is 28.6 Å². The van der Waals surface area contributed by atoms with Crippen LogP contribution in [0.4, 0.5) is 5.69 Å². The quantitative estimate of drug-likeness (QED) is 0.683. The molecule has 28 heavy (non-hydrogen) atoms. The first-order valence-electron chi connectivity index (χ1n) is 8.81. The second-order valence-corrected chi connectivity index (χ2v) is 6.79. The van der Waals surface area contributed by atoms with Crippen molar-refractivity contribution in [3.63, 3.8) is 0 Å². The summed E-state index contributed by atoms with van der Waals surface area (Å²) < 4.78 is 6.21. The van der Waals surface area contributed by atoms with Crippen LogP contribution in [0.25, 0.3) is 10.9 Å². The van der Waals surface area contributed by atoms with E-state index in [1.807, 2.05) is 13.0 Å². The van der Waals surface area contributed by atoms with Gasteiger partial charge in [-0.2, -0.15) is 0 Å². The summed E-state index contributed by atoms with van der Waals surface area (Å²) in [6.45, 7) is 1.91. The van der Waals surface area contributed by atoms with Crippen molar-refractivity contribution in [2.45, 2.75) is 19.4 Å². The predicted molar refractivity (Wildman–Crippen MR) is 104 cm³/mol. The lowest BCUT2D eigenvalue weighted by Crippen LogP contribution is -2.30. The van der Waals surface area contributed by atoms with Crippen LogP contribution in [-0.4, -0.2) is 28.7 Å². The molecule has 0 saturated heterocycles. The number of anilines is 1. The number of nitrogens with zero attached hydrogens (tertiary/aromatic N) is 1. The van der Waals surface area contributed by atoms with Gasteiger partial charge in [0, 0.05) is 17.1 Å². The molecular formula is C21H18N2O5. The van der Waals surface area contributed by atoms with Crippen molar-refractivity contribution in [2.24, 2.45) is 0 Å². The normalized spacial score (nSPS) is 14.9. The number of pyridine rings is 1. The average molecular weight is 378 g/mol. The Hall–Kier alpha value is -3.61. The molecule has 1 aliphatic rings. The van der Waals surface area contributed by atoms with E-state index < -0.39 is 17.4 Å². The standard InChI is InChI=1S/C21H18N2O5/c1-11-10-13-4-3-5-15-17(13)23(11)20(26)16(18(15)24)19(25)22-14-8-6-12(7-9-14)21(27)28-2/h3-9,11,24H,10H2,1-2H3,(H,22,25). The summed E-state index contributed by atoms with van der Waals surface area (Å²) in [6, 6.07) is 11.4. The molecule has 4 rings (SSSR count). The molecule has 142 valence electrons. The Balaban J connectivity index is 1.75. The topological polar surface area (TPSA) is 97.6 Å². The Kier molecular flexibility index (Phi) is 4.15. The van der Waals surface area contributed by atoms with E-state index in [4.69, 9.17) is 0 Å². The molecule has 1 atom stereocenters. The third-order valence-electron chi connectivity index (χ3n) is 5.03. The minimum absolute atomic E-state index is 0.0983. The fourth-order valence-corrected chi connectivity index (χ4v) is 3.73. The number of carbonyl (C=O) groups excluding carboxylic acids is 2. The molecule has 3 aromatic rings. The molecule has 0 saturated carbocycles. The highest BCUT2D eigenvalue weighted by molar-refractivity contribution is 6.09. The van der Waals surface area contributed by atoms with Crippen LogP contribution in [0.5, 0.6) is 5.75 Å². The summed E-state index contributed by atoms with van der Waals surface area (Å²) in [5.41, 5.74) is 1.56. The van der Waals surface area contributed by atoms with Crippen LogP contribution in [0, 0.1) is 0 Å². The fraction of sp³-hybridized carbons (Fsp3) is 0.190. The molecule has 0 bridgehead atoms. The lowest BCUT2D eigenvalue weighted by Gasteiger charge is -2.14. The van der Waals surface area contributed by atoms with Crippen LogP contribution in [-0.2, 0) is 11.2 Å². The van der Waals surface area contributed by atoms with Gasteiger partial charge in [0.2, 0.25) is 0 Å². The van der Waals surface area contributed by atoms with Gasteiger partial charge in [0.15, 0.2) is 0 Å². The number of aromatic hydroxyl groups is 1. The lowest BCUT2D eigenvalue weighted by atomic mass is 10.1. The largest absolute Gasteiger partial charge is 0.506 e. The number of carbonyl (C=O) groups is 2. The number of para-hydroxylation sites is 1. The highest BCUT2D eigenvalue weighted by atomic mass is 16.5. The summed E-state index contributed by atoms with van der Waals surface area (Å²) >= 11 is 0. The fourth-order valence-electron chi connectivity index (χ4n) is 3.73. The van der Waals surface area contributed by atoms with E-state index in [1.165, 1.54) is 31.4 Å². The van der Waals surface area contributed by atoms with Crippen molar-refractivity contribution in [1.29, 1.82) is 0 Å². The molecule has 1 aromatic heterocycles. The number of amides is 1. The molecule has 0 fully saturated rings. The zero-order valence-electron chi connectivity index (χ0n) is 15.4. The van der Waals surface area contributed by atoms with Gasteiger partial charge in [0.1, 0.15) is 11.3 Å². The number of nitrogens with one attached hydrogen (secondary N) is 1. The Morgan fingerprint density at radius 2 is 1.89 bits per heavy atom. The van der Waals surface area contributed by atoms with Gasteiger partial charge in [0.25, 0.3) is 11.5 Å². The van der Waals surface area contributed by atoms with Crippen molar-refractivity contribution < 1.29 is 19.4 Å². The summed E-state index contributed by atoms with van der Waals surface area (Å²) in [5, 5.41) is 13.7. The van der Waals surface area contributed by atoms with Gasteiger partial charge in [-0.15, -0.1) is 0 Å². The average Bonchev–Trinajstić information content (AvgIpc) is 3.03. The van der Waals surface area contributed by atoms with E-state index in [-0.39, 0.29) is 17.4 Å². The molecule has 1 aliphatic heterocycles. The number of rotatable bonds is 3. The van der Waals surface area contributed by atoms with Crippen molar-refractivity contribution in [2.75, 3.05) is 12.4 Å². The second kappa shape index (κ2) is 6.53. The number of ether oxygens (including phenoxy) is 1. The SMILES string of the molecule is COC(=O)c1ccc(NC(=O)c2c(O)c3cccc4c3n(c2=O)C(C)C4)cc1. The molecule has 2 aromatic carbocycles. The number of hydrogen-bond donors (Lipinski definition) is 2. The molecule has 7 heteroatoms. The zero-order chi connectivity index (χ0) is 20.0. The van der Waals surface area contributed by atoms with Crippen LogP contribution < -0.4 is 10.9 Å². The minimum Gasteiger partial charge on any atom is -0.506 e. The number of hydrogen-bond acceptors (Lipinski definition) is 5. The summed E-state index contributed by atoms with van der Waals surface area (Å²) in [5.74, 6) is -1.52. The third kappa shape index (κ3) is 2.63. The molecule has 7 nitrogen and oxygen atoms in total. The van der Waals surface area contributed by atoms with E-state index in [1.54, 1.807) is 16.7 Å². The first-order chi connectivity index (χ1) is 13.4. The number of esters is 1. The molecule has 1 amide bonds. The maximum absolute atomic E-state index is 13.0. The van der Waals surface area contributed by atoms with Crippen molar-refractivity contribution in [1.82, 2.24) is 4.57 Å². The van der Waals surface area contributed by atoms with Crippen LogP contribution in [0.1, 0.15) is 39.2 Å². The van der Waals surface area contributed by atoms with Gasteiger partial charge in [-0.25, -0.2) is 4.79 Å². The lowest BCUT2D eigenvalue weighted by molar-refractivity contribution is 0.0600. The highest BCUT2D eigenvalue weighted by Crippen LogP contribution is 2.36. The van der Waals surface area contributed by atoms with Crippen molar-refractivity contribution in [3.05, 3.63) is 69.5 Å². The molecule has 2 heterocycles. The van der Waals surface area contributed by atoms with E-state index in [9.17, 15) is 19.5 Å². The van der Waals surface area contributed by atoms with Gasteiger partial charge < -0.3 is 19.7 Å². The third-order valence-corrected chi connectivity index (χ3v) is 5.03. The van der Waals surface area contributed by atoms with Crippen molar-refractivity contribution >= 4 is 28.5 Å². The molecule has 0 spiro atoms. The molecular weight excluding hydrogens is 360 g/mol. The monoisotopic (exact) mass is 378 g/mol. The Labute approximate surface area is 160 Å². The van der Waals surface area contributed by atoms with Gasteiger partial charge >= 0.3 is 5.97 Å². The molecule has 2 N–H and O–H groups in total. The van der Waals surface area contributed by atoms with Gasteiger partial charge in [-0.1, -0.05) is 12.1 Å². The predicted octanol–water partition coefficient (Wildman–Crippen LogP) is 2.86. The maximum atomic E-state index is 13.0. The Morgan fingerprint density at radius 3 is 2.57 bits per heavy atom. The van der Waals surface area contributed by atoms with Gasteiger partial charge in [-0.05, 0) is 49.2 Å². The van der Waals surface area contributed by atoms with E-state index in [2.05, 4.69) is 10.1 Å². The van der Waals surface area contributed by atoms with Crippen molar-refractivity contribution in [3.8, 4) is 5.75 Å². The zero-order valence-corrected chi connectivity index (χ0v) is 15.4. The molecule has 0 aliphatic carbocycles. The minimum atomic E-state index is -0.705. The van der Waals surface area contributed by atoms with Crippen LogP contribution in [0.2, 0.25) is 0 Å². The smallest absolute Gasteiger partial charge is 0.337 e. The maximum Gasteiger partial charge on any atom is 0.337 e. The molecule has 0 radical (unpaired) electrons. The summed E-state index contributed by atoms with van der Waals surface area (Å²) in [6.07, 6.45) is 0.673. The highest BCUT2D eigenvalue weighted by Gasteiger charge is 2.29. The molecule has 1 unspecified atom stereocenters. The Morgan fingerprint density at radius 1 is 1.18 bits per heavy atom. The van der Waals surface area contributed by atoms with Gasteiger partial charge in [0.05, 0.1) is 18.2 Å². The summed E-state index contributed by atoms with van der Waals surface area (Å²) in [4.78, 5) is 37.3. The second-order valence-electron chi connectivity index (χ2n) is 6.79. The van der Waals surface area contributed by atoms with E-state index >= 15 is 0 Å². The number of benzene rings is 2. The summed E-state index contributed by atoms with van der Waals surface area (Å²) in [7, 11) is 1.28. The van der Waals surface area contributed by atoms with Crippen LogP contribution >= 0.6 is 0 Å². The Bertz CT molecular complexity index is 1180. The number of aromatic nitrogens is 1. The van der Waals surface area contributed by atoms with Crippen LogP contribution in [0.15, 0.2) is 47.3 Å². The van der Waals surface area contributed by atoms with Crippen LogP contribution in [0.3, 0.4) is 0 Å². The van der Waals surface area contributed by atoms with E-state index in [0.717, 1.165) is 5.56 Å². The van der Waals surface area contributed by atoms with Gasteiger partial charge in [-0.3, -0.25) is 9.59 Å².